The summed E-state index contributed by atoms with van der Waals surface area (Å²) in [6, 6.07) is 42.3. The number of carbonyl (C=O) groups is 1. The molecule has 0 aliphatic heterocycles. The molecule has 0 saturated heterocycles. The summed E-state index contributed by atoms with van der Waals surface area (Å²) in [5.74, 6) is 0.00490. The van der Waals surface area contributed by atoms with Gasteiger partial charge >= 0.3 is 5.97 Å². The number of ether oxygens (including phenoxy) is 1. The van der Waals surface area contributed by atoms with Gasteiger partial charge in [0, 0.05) is 17.4 Å². The van der Waals surface area contributed by atoms with Gasteiger partial charge in [-0.3, -0.25) is 0 Å². The van der Waals surface area contributed by atoms with Crippen molar-refractivity contribution in [3.05, 3.63) is 150 Å². The topological polar surface area (TPSA) is 79.9 Å². The first-order chi connectivity index (χ1) is 20.1. The summed E-state index contributed by atoms with van der Waals surface area (Å²) in [6.45, 7) is 0. The second-order valence-electron chi connectivity index (χ2n) is 9.89. The molecule has 0 bridgehead atoms. The number of rotatable bonds is 9. The fourth-order valence-electron chi connectivity index (χ4n) is 5.07. The van der Waals surface area contributed by atoms with Gasteiger partial charge in [0.2, 0.25) is 0 Å². The van der Waals surface area contributed by atoms with E-state index < -0.39 is 18.2 Å². The first-order valence-corrected chi connectivity index (χ1v) is 13.5. The van der Waals surface area contributed by atoms with Crippen molar-refractivity contribution in [2.45, 2.75) is 18.6 Å². The predicted molar refractivity (Wildman–Crippen MR) is 160 cm³/mol. The first-order valence-electron chi connectivity index (χ1n) is 13.5. The van der Waals surface area contributed by atoms with E-state index in [2.05, 4.69) is 0 Å². The molecule has 6 rings (SSSR count). The highest BCUT2D eigenvalue weighted by molar-refractivity contribution is 5.96. The maximum Gasteiger partial charge on any atom is 0.345 e. The van der Waals surface area contributed by atoms with Crippen molar-refractivity contribution in [1.29, 1.82) is 0 Å². The lowest BCUT2D eigenvalue weighted by molar-refractivity contribution is -0.145. The third-order valence-corrected chi connectivity index (χ3v) is 7.17. The van der Waals surface area contributed by atoms with Gasteiger partial charge in [-0.05, 0) is 46.0 Å². The van der Waals surface area contributed by atoms with Crippen LogP contribution in [0.1, 0.15) is 23.0 Å². The molecule has 5 nitrogen and oxygen atoms in total. The Balaban J connectivity index is 1.25. The maximum atomic E-state index is 11.8. The van der Waals surface area contributed by atoms with Crippen LogP contribution in [0.25, 0.3) is 33.2 Å². The molecular formula is C36H28O5. The predicted octanol–water partition coefficient (Wildman–Crippen LogP) is 7.92. The summed E-state index contributed by atoms with van der Waals surface area (Å²) in [4.78, 5) is 11.8. The molecule has 2 N–H and O–H groups in total. The Morgan fingerprint density at radius 1 is 0.683 bits per heavy atom. The van der Waals surface area contributed by atoms with E-state index in [0.717, 1.165) is 44.3 Å². The normalized spacial score (nSPS) is 12.6. The van der Waals surface area contributed by atoms with Crippen molar-refractivity contribution >= 4 is 16.9 Å². The number of furan rings is 1. The van der Waals surface area contributed by atoms with Gasteiger partial charge in [0.15, 0.2) is 6.10 Å². The van der Waals surface area contributed by atoms with Crippen molar-refractivity contribution in [3.8, 4) is 28.0 Å². The molecule has 6 aromatic rings. The van der Waals surface area contributed by atoms with Crippen molar-refractivity contribution < 1.29 is 24.2 Å². The van der Waals surface area contributed by atoms with Gasteiger partial charge in [0.1, 0.15) is 23.2 Å². The van der Waals surface area contributed by atoms with E-state index in [1.807, 2.05) is 121 Å². The molecule has 0 spiro atoms. The summed E-state index contributed by atoms with van der Waals surface area (Å²) >= 11 is 0. The van der Waals surface area contributed by atoms with Crippen LogP contribution in [-0.4, -0.2) is 22.3 Å². The fraction of sp³-hybridized carbons (Fsp3) is 0.0833. The summed E-state index contributed by atoms with van der Waals surface area (Å²) in [7, 11) is 0. The van der Waals surface area contributed by atoms with Crippen LogP contribution in [0.2, 0.25) is 0 Å². The molecule has 202 valence electrons. The molecular weight excluding hydrogens is 512 g/mol. The van der Waals surface area contributed by atoms with Crippen LogP contribution in [0.3, 0.4) is 0 Å². The lowest BCUT2D eigenvalue weighted by Gasteiger charge is -2.16. The molecule has 1 heterocycles. The monoisotopic (exact) mass is 540 g/mol. The molecule has 0 aliphatic rings. The van der Waals surface area contributed by atoms with Gasteiger partial charge in [0.25, 0.3) is 0 Å². The number of aliphatic hydroxyl groups is 1. The number of hydrogen-bond acceptors (Lipinski definition) is 4. The molecule has 5 aromatic carbocycles. The van der Waals surface area contributed by atoms with Crippen LogP contribution in [0.15, 0.2) is 138 Å². The van der Waals surface area contributed by atoms with Gasteiger partial charge in [-0.1, -0.05) is 115 Å². The van der Waals surface area contributed by atoms with Gasteiger partial charge in [-0.25, -0.2) is 4.79 Å². The molecule has 0 saturated carbocycles. The standard InChI is InChI=1S/C36H28O5/c37-34(28-11-5-2-6-12-28)35-33(30-13-7-8-14-31(30)41-35)27-17-15-25(16-18-27)26-19-21-29(22-20-26)40-32(36(38)39)23-24-9-3-1-4-10-24/h1-22,32,34,37H,23H2,(H,38,39)/t32-,34?/m1/s1. The van der Waals surface area contributed by atoms with Crippen LogP contribution in [-0.2, 0) is 11.2 Å². The summed E-state index contributed by atoms with van der Waals surface area (Å²) < 4.78 is 12.0. The summed E-state index contributed by atoms with van der Waals surface area (Å²) in [6.07, 6.45) is -1.60. The minimum absolute atomic E-state index is 0.281. The second kappa shape index (κ2) is 11.5. The van der Waals surface area contributed by atoms with Crippen LogP contribution in [0.4, 0.5) is 0 Å². The molecule has 5 heteroatoms. The number of hydrogen-bond donors (Lipinski definition) is 2. The number of para-hydroxylation sites is 1. The Morgan fingerprint density at radius 2 is 1.24 bits per heavy atom. The fourth-order valence-corrected chi connectivity index (χ4v) is 5.07. The maximum absolute atomic E-state index is 11.8. The van der Waals surface area contributed by atoms with Crippen LogP contribution >= 0.6 is 0 Å². The van der Waals surface area contributed by atoms with Crippen molar-refractivity contribution in [1.82, 2.24) is 0 Å². The van der Waals surface area contributed by atoms with Crippen molar-refractivity contribution in [2.24, 2.45) is 0 Å². The van der Waals surface area contributed by atoms with Gasteiger partial charge in [0.05, 0.1) is 0 Å². The molecule has 2 atom stereocenters. The Labute approximate surface area is 237 Å². The lowest BCUT2D eigenvalue weighted by Crippen LogP contribution is -2.29. The molecule has 0 amide bonds. The van der Waals surface area contributed by atoms with E-state index in [1.165, 1.54) is 0 Å². The van der Waals surface area contributed by atoms with Crippen LogP contribution in [0, 0.1) is 0 Å². The minimum Gasteiger partial charge on any atom is -0.478 e. The Bertz CT molecular complexity index is 1760. The highest BCUT2D eigenvalue weighted by Gasteiger charge is 2.23. The average molecular weight is 541 g/mol. The van der Waals surface area contributed by atoms with Gasteiger partial charge in [-0.15, -0.1) is 0 Å². The van der Waals surface area contributed by atoms with Gasteiger partial charge < -0.3 is 19.4 Å². The second-order valence-corrected chi connectivity index (χ2v) is 9.89. The minimum atomic E-state index is -1.00. The van der Waals surface area contributed by atoms with Crippen molar-refractivity contribution in [2.75, 3.05) is 0 Å². The van der Waals surface area contributed by atoms with E-state index in [-0.39, 0.29) is 6.42 Å². The average Bonchev–Trinajstić information content (AvgIpc) is 3.41. The van der Waals surface area contributed by atoms with E-state index in [0.29, 0.717) is 11.5 Å². The number of benzene rings is 5. The van der Waals surface area contributed by atoms with E-state index in [1.54, 1.807) is 12.1 Å². The number of carboxylic acids is 1. The SMILES string of the molecule is O=C(O)[C@@H](Cc1ccccc1)Oc1ccc(-c2ccc(-c3c(C(O)c4ccccc4)oc4ccccc34)cc2)cc1. The zero-order valence-corrected chi connectivity index (χ0v) is 22.2. The van der Waals surface area contributed by atoms with E-state index in [4.69, 9.17) is 9.15 Å². The zero-order chi connectivity index (χ0) is 28.2. The smallest absolute Gasteiger partial charge is 0.345 e. The number of aliphatic carboxylic acids is 1. The van der Waals surface area contributed by atoms with Gasteiger partial charge in [-0.2, -0.15) is 0 Å². The Hall–Kier alpha value is -5.13. The Kier molecular flexibility index (Phi) is 7.35. The third-order valence-electron chi connectivity index (χ3n) is 7.17. The summed E-state index contributed by atoms with van der Waals surface area (Å²) in [5, 5.41) is 21.8. The molecule has 0 aliphatic carbocycles. The number of aliphatic hydroxyl groups excluding tert-OH is 1. The number of fused-ring (bicyclic) bond motifs is 1. The highest BCUT2D eigenvalue weighted by Crippen LogP contribution is 2.40. The molecule has 0 radical (unpaired) electrons. The lowest BCUT2D eigenvalue weighted by atomic mass is 9.95. The quantitative estimate of drug-likeness (QED) is 0.195. The Morgan fingerprint density at radius 3 is 1.90 bits per heavy atom. The molecule has 1 unspecified atom stereocenters. The molecule has 0 fully saturated rings. The van der Waals surface area contributed by atoms with E-state index >= 15 is 0 Å². The first kappa shape index (κ1) is 26.1. The zero-order valence-electron chi connectivity index (χ0n) is 22.2. The largest absolute Gasteiger partial charge is 0.478 e. The number of carboxylic acid groups (broad SMARTS) is 1. The van der Waals surface area contributed by atoms with Crippen LogP contribution in [0.5, 0.6) is 5.75 Å². The van der Waals surface area contributed by atoms with Crippen LogP contribution < -0.4 is 4.74 Å². The van der Waals surface area contributed by atoms with E-state index in [9.17, 15) is 15.0 Å². The molecule has 41 heavy (non-hydrogen) atoms. The molecule has 1 aromatic heterocycles. The summed E-state index contributed by atoms with van der Waals surface area (Å²) in [5.41, 5.74) is 6.16. The van der Waals surface area contributed by atoms with Crippen molar-refractivity contribution in [3.63, 3.8) is 0 Å². The highest BCUT2D eigenvalue weighted by atomic mass is 16.5. The third kappa shape index (κ3) is 5.62.